The first-order valence-electron chi connectivity index (χ1n) is 7.34. The van der Waals surface area contributed by atoms with Gasteiger partial charge in [-0.05, 0) is 24.5 Å². The lowest BCUT2D eigenvalue weighted by Gasteiger charge is -2.24. The van der Waals surface area contributed by atoms with Gasteiger partial charge in [-0.15, -0.1) is 0 Å². The number of halogens is 3. The molecule has 2 amide bonds. The van der Waals surface area contributed by atoms with Crippen LogP contribution in [0.1, 0.15) is 23.7 Å². The highest BCUT2D eigenvalue weighted by Crippen LogP contribution is 2.23. The van der Waals surface area contributed by atoms with Crippen LogP contribution in [0.25, 0.3) is 0 Å². The number of benzene rings is 1. The van der Waals surface area contributed by atoms with Crippen molar-refractivity contribution in [2.75, 3.05) is 20.1 Å². The van der Waals surface area contributed by atoms with Crippen LogP contribution in [-0.2, 0) is 4.79 Å². The number of carbonyl (C=O) groups excluding carboxylic acids is 2. The van der Waals surface area contributed by atoms with Crippen molar-refractivity contribution < 1.29 is 18.4 Å². The Balaban J connectivity index is 2.11. The van der Waals surface area contributed by atoms with Crippen molar-refractivity contribution in [1.29, 1.82) is 5.26 Å². The molecule has 1 saturated heterocycles. The highest BCUT2D eigenvalue weighted by atomic mass is 35.5. The summed E-state index contributed by atoms with van der Waals surface area (Å²) in [6.45, 7) is 2.04. The number of amides is 2. The normalized spacial score (nSPS) is 19.9. The van der Waals surface area contributed by atoms with Gasteiger partial charge in [0.25, 0.3) is 5.91 Å². The molecule has 1 heterocycles. The van der Waals surface area contributed by atoms with Gasteiger partial charge in [-0.1, -0.05) is 18.5 Å². The van der Waals surface area contributed by atoms with E-state index >= 15 is 0 Å². The molecule has 0 aromatic heterocycles. The Bertz CT molecular complexity index is 720. The molecule has 0 bridgehead atoms. The summed E-state index contributed by atoms with van der Waals surface area (Å²) in [5.74, 6) is -3.70. The van der Waals surface area contributed by atoms with Gasteiger partial charge in [-0.2, -0.15) is 5.26 Å². The van der Waals surface area contributed by atoms with Gasteiger partial charge in [-0.25, -0.2) is 8.78 Å². The highest BCUT2D eigenvalue weighted by molar-refractivity contribution is 6.30. The predicted molar refractivity (Wildman–Crippen MR) is 83.2 cm³/mol. The number of hydrogen-bond donors (Lipinski definition) is 0. The first-order chi connectivity index (χ1) is 11.3. The lowest BCUT2D eigenvalue weighted by Crippen LogP contribution is -2.43. The Morgan fingerprint density at radius 1 is 1.42 bits per heavy atom. The van der Waals surface area contributed by atoms with E-state index in [4.69, 9.17) is 16.9 Å². The Labute approximate surface area is 143 Å². The zero-order valence-corrected chi connectivity index (χ0v) is 14.0. The van der Waals surface area contributed by atoms with Crippen molar-refractivity contribution in [2.24, 2.45) is 5.92 Å². The Morgan fingerprint density at radius 3 is 2.71 bits per heavy atom. The smallest absolute Gasteiger partial charge is 0.257 e. The van der Waals surface area contributed by atoms with Gasteiger partial charge in [0.2, 0.25) is 5.91 Å². The molecule has 0 N–H and O–H groups in total. The number of likely N-dealkylation sites (tertiary alicyclic amines) is 1. The molecule has 2 rings (SSSR count). The minimum atomic E-state index is -1.35. The maximum atomic E-state index is 13.8. The van der Waals surface area contributed by atoms with E-state index in [0.29, 0.717) is 13.0 Å². The average molecular weight is 356 g/mol. The Morgan fingerprint density at radius 2 is 2.08 bits per heavy atom. The van der Waals surface area contributed by atoms with Crippen molar-refractivity contribution >= 4 is 23.4 Å². The summed E-state index contributed by atoms with van der Waals surface area (Å²) in [6.07, 6.45) is 0.580. The van der Waals surface area contributed by atoms with Crippen molar-refractivity contribution in [3.05, 3.63) is 34.4 Å². The number of likely N-dealkylation sites (N-methyl/N-ethyl adjacent to an activating group) is 1. The van der Waals surface area contributed by atoms with Gasteiger partial charge in [-0.3, -0.25) is 9.59 Å². The maximum Gasteiger partial charge on any atom is 0.257 e. The minimum absolute atomic E-state index is 0.197. The fourth-order valence-electron chi connectivity index (χ4n) is 2.71. The molecule has 2 unspecified atom stereocenters. The minimum Gasteiger partial charge on any atom is -0.332 e. The van der Waals surface area contributed by atoms with Gasteiger partial charge >= 0.3 is 0 Å². The van der Waals surface area contributed by atoms with Crippen LogP contribution in [0.4, 0.5) is 8.78 Å². The van der Waals surface area contributed by atoms with Gasteiger partial charge in [0.15, 0.2) is 11.6 Å². The zero-order valence-electron chi connectivity index (χ0n) is 13.2. The molecule has 0 aliphatic carbocycles. The van der Waals surface area contributed by atoms with Crippen LogP contribution in [0, 0.1) is 28.9 Å². The molecule has 8 heteroatoms. The summed E-state index contributed by atoms with van der Waals surface area (Å²) < 4.78 is 27.3. The molecule has 5 nitrogen and oxygen atoms in total. The zero-order chi connectivity index (χ0) is 18.0. The Kier molecular flexibility index (Phi) is 5.40. The second kappa shape index (κ2) is 7.14. The third-order valence-electron chi connectivity index (χ3n) is 3.96. The molecule has 1 aliphatic rings. The summed E-state index contributed by atoms with van der Waals surface area (Å²) in [4.78, 5) is 26.9. The molecule has 1 aliphatic heterocycles. The molecular weight excluding hydrogens is 340 g/mol. The van der Waals surface area contributed by atoms with Crippen LogP contribution < -0.4 is 0 Å². The third-order valence-corrected chi connectivity index (χ3v) is 4.26. The van der Waals surface area contributed by atoms with Gasteiger partial charge in [0, 0.05) is 13.6 Å². The van der Waals surface area contributed by atoms with Crippen molar-refractivity contribution in [1.82, 2.24) is 9.80 Å². The SMILES string of the molecule is CC1CC(C#N)N(C(=O)CN(C)C(=O)c2ccc(Cl)c(F)c2F)C1. The molecule has 1 fully saturated rings. The average Bonchev–Trinajstić information content (AvgIpc) is 2.93. The van der Waals surface area contributed by atoms with Crippen LogP contribution in [-0.4, -0.2) is 47.8 Å². The summed E-state index contributed by atoms with van der Waals surface area (Å²) in [7, 11) is 1.31. The lowest BCUT2D eigenvalue weighted by molar-refractivity contribution is -0.131. The highest BCUT2D eigenvalue weighted by Gasteiger charge is 2.34. The second-order valence-electron chi connectivity index (χ2n) is 5.92. The molecule has 2 atom stereocenters. The number of rotatable bonds is 3. The van der Waals surface area contributed by atoms with Gasteiger partial charge in [0.1, 0.15) is 6.04 Å². The molecule has 128 valence electrons. The van der Waals surface area contributed by atoms with E-state index in [-0.39, 0.29) is 12.5 Å². The van der Waals surface area contributed by atoms with Crippen molar-refractivity contribution in [2.45, 2.75) is 19.4 Å². The summed E-state index contributed by atoms with van der Waals surface area (Å²) in [5.41, 5.74) is -0.501. The van der Waals surface area contributed by atoms with Gasteiger partial charge < -0.3 is 9.80 Å². The fourth-order valence-corrected chi connectivity index (χ4v) is 2.85. The number of nitriles is 1. The molecule has 0 saturated carbocycles. The number of carbonyl (C=O) groups is 2. The standard InChI is InChI=1S/C16H16ClF2N3O2/c1-9-5-10(6-20)22(7-9)13(23)8-21(2)16(24)11-3-4-12(17)15(19)14(11)18/h3-4,9-10H,5,7-8H2,1-2H3. The second-order valence-corrected chi connectivity index (χ2v) is 6.32. The van der Waals surface area contributed by atoms with Crippen LogP contribution in [0.15, 0.2) is 12.1 Å². The largest absolute Gasteiger partial charge is 0.332 e. The van der Waals surface area contributed by atoms with Gasteiger partial charge in [0.05, 0.1) is 23.2 Å². The molecule has 1 aromatic rings. The van der Waals surface area contributed by atoms with Crippen molar-refractivity contribution in [3.63, 3.8) is 0 Å². The van der Waals surface area contributed by atoms with E-state index in [1.807, 2.05) is 6.92 Å². The predicted octanol–water partition coefficient (Wildman–Crippen LogP) is 2.45. The van der Waals surface area contributed by atoms with E-state index in [2.05, 4.69) is 6.07 Å². The fraction of sp³-hybridized carbons (Fsp3) is 0.438. The number of hydrogen-bond acceptors (Lipinski definition) is 3. The summed E-state index contributed by atoms with van der Waals surface area (Å²) in [6, 6.07) is 3.68. The maximum absolute atomic E-state index is 13.8. The molecule has 0 radical (unpaired) electrons. The third kappa shape index (κ3) is 3.49. The molecule has 0 spiro atoms. The first-order valence-corrected chi connectivity index (χ1v) is 7.72. The van der Waals surface area contributed by atoms with Crippen LogP contribution in [0.5, 0.6) is 0 Å². The Hall–Kier alpha value is -2.20. The monoisotopic (exact) mass is 355 g/mol. The van der Waals surface area contributed by atoms with Crippen LogP contribution in [0.2, 0.25) is 5.02 Å². The van der Waals surface area contributed by atoms with Crippen LogP contribution in [0.3, 0.4) is 0 Å². The molecule has 24 heavy (non-hydrogen) atoms. The molecule has 1 aromatic carbocycles. The first kappa shape index (κ1) is 18.1. The summed E-state index contributed by atoms with van der Waals surface area (Å²) >= 11 is 5.45. The quantitative estimate of drug-likeness (QED) is 0.782. The van der Waals surface area contributed by atoms with E-state index in [9.17, 15) is 18.4 Å². The van der Waals surface area contributed by atoms with E-state index in [0.717, 1.165) is 17.0 Å². The summed E-state index contributed by atoms with van der Waals surface area (Å²) in [5, 5.41) is 8.66. The van der Waals surface area contributed by atoms with E-state index in [1.165, 1.54) is 11.9 Å². The number of nitrogens with zero attached hydrogens (tertiary/aromatic N) is 3. The van der Waals surface area contributed by atoms with E-state index in [1.54, 1.807) is 0 Å². The lowest BCUT2D eigenvalue weighted by atomic mass is 10.1. The van der Waals surface area contributed by atoms with Crippen molar-refractivity contribution in [3.8, 4) is 6.07 Å². The topological polar surface area (TPSA) is 64.4 Å². The molecular formula is C16H16ClF2N3O2. The van der Waals surface area contributed by atoms with E-state index < -0.39 is 40.1 Å². The van der Waals surface area contributed by atoms with Crippen LogP contribution >= 0.6 is 11.6 Å².